The maximum absolute atomic E-state index is 6.08. The summed E-state index contributed by atoms with van der Waals surface area (Å²) in [7, 11) is 0. The number of benzene rings is 1. The van der Waals surface area contributed by atoms with E-state index in [1.54, 1.807) is 0 Å². The fourth-order valence-electron chi connectivity index (χ4n) is 2.83. The minimum atomic E-state index is 0.600. The zero-order valence-electron chi connectivity index (χ0n) is 12.2. The topological polar surface area (TPSA) is 44.8 Å². The molecule has 0 atom stereocenters. The molecule has 0 radical (unpaired) electrons. The van der Waals surface area contributed by atoms with Crippen molar-refractivity contribution in [2.45, 2.75) is 18.7 Å². The highest BCUT2D eigenvalue weighted by molar-refractivity contribution is 7.96. The highest BCUT2D eigenvalue weighted by Crippen LogP contribution is 2.30. The molecule has 0 amide bonds. The van der Waals surface area contributed by atoms with E-state index >= 15 is 0 Å². The average Bonchev–Trinajstić information content (AvgIpc) is 3.04. The summed E-state index contributed by atoms with van der Waals surface area (Å²) in [4.78, 5) is 4.44. The van der Waals surface area contributed by atoms with E-state index in [0.717, 1.165) is 36.3 Å². The van der Waals surface area contributed by atoms with Crippen molar-refractivity contribution in [2.75, 3.05) is 6.54 Å². The van der Waals surface area contributed by atoms with Gasteiger partial charge < -0.3 is 0 Å². The van der Waals surface area contributed by atoms with Gasteiger partial charge in [0, 0.05) is 30.4 Å². The van der Waals surface area contributed by atoms with E-state index in [9.17, 15) is 0 Å². The Kier molecular flexibility index (Phi) is 4.20. The molecule has 118 valence electrons. The van der Waals surface area contributed by atoms with Gasteiger partial charge in [-0.2, -0.15) is 5.10 Å². The predicted molar refractivity (Wildman–Crippen MR) is 95.8 cm³/mol. The largest absolute Gasteiger partial charge is 0.261 e. The molecule has 0 aliphatic carbocycles. The third-order valence-corrected chi connectivity index (χ3v) is 5.92. The van der Waals surface area contributed by atoms with Crippen molar-refractivity contribution in [3.63, 3.8) is 0 Å². The second-order valence-electron chi connectivity index (χ2n) is 5.53. The third-order valence-electron chi connectivity index (χ3n) is 4.04. The van der Waals surface area contributed by atoms with Gasteiger partial charge in [-0.3, -0.25) is 5.10 Å². The molecular weight excluding hydrogens is 351 g/mol. The lowest BCUT2D eigenvalue weighted by atomic mass is 10.0. The van der Waals surface area contributed by atoms with E-state index in [4.69, 9.17) is 23.2 Å². The Bertz CT molecular complexity index is 864. The van der Waals surface area contributed by atoms with Crippen LogP contribution in [-0.4, -0.2) is 26.0 Å². The van der Waals surface area contributed by atoms with Gasteiger partial charge in [0.1, 0.15) is 0 Å². The van der Waals surface area contributed by atoms with Crippen molar-refractivity contribution in [2.24, 2.45) is 0 Å². The number of nitrogens with zero attached hydrogens (tertiary/aromatic N) is 3. The van der Waals surface area contributed by atoms with Crippen LogP contribution in [0.1, 0.15) is 16.7 Å². The number of hydrogen-bond donors (Lipinski definition) is 1. The number of halogens is 2. The molecule has 1 aliphatic rings. The summed E-state index contributed by atoms with van der Waals surface area (Å²) in [5, 5.41) is 9.38. The maximum Gasteiger partial charge on any atom is 0.155 e. The fraction of sp³-hybridized carbons (Fsp3) is 0.250. The Balaban J connectivity index is 1.46. The minimum absolute atomic E-state index is 0.600. The average molecular weight is 365 g/mol. The molecule has 0 spiro atoms. The van der Waals surface area contributed by atoms with Gasteiger partial charge in [0.25, 0.3) is 0 Å². The Morgan fingerprint density at radius 1 is 1.22 bits per heavy atom. The number of rotatable bonds is 3. The molecule has 3 aromatic rings. The van der Waals surface area contributed by atoms with E-state index in [-0.39, 0.29) is 0 Å². The number of pyridine rings is 1. The SMILES string of the molecule is Clc1ccc(CSN2CCc3c(cnc4[nH]ncc34)C2)cc1Cl. The number of aromatic nitrogens is 3. The summed E-state index contributed by atoms with van der Waals surface area (Å²) in [6.07, 6.45) is 4.85. The van der Waals surface area contributed by atoms with Crippen molar-refractivity contribution in [3.8, 4) is 0 Å². The zero-order valence-corrected chi connectivity index (χ0v) is 14.5. The molecule has 0 bridgehead atoms. The van der Waals surface area contributed by atoms with Crippen LogP contribution in [0, 0.1) is 0 Å². The predicted octanol–water partition coefficient (Wildman–Crippen LogP) is 4.47. The fourth-order valence-corrected chi connectivity index (χ4v) is 4.12. The minimum Gasteiger partial charge on any atom is -0.261 e. The monoisotopic (exact) mass is 364 g/mol. The first-order valence-corrected chi connectivity index (χ1v) is 9.02. The summed E-state index contributed by atoms with van der Waals surface area (Å²) in [6.45, 7) is 1.92. The third kappa shape index (κ3) is 3.06. The Labute approximate surface area is 148 Å². The van der Waals surface area contributed by atoms with Crippen LogP contribution < -0.4 is 0 Å². The van der Waals surface area contributed by atoms with Crippen molar-refractivity contribution < 1.29 is 0 Å². The number of hydrogen-bond acceptors (Lipinski definition) is 4. The second kappa shape index (κ2) is 6.32. The van der Waals surface area contributed by atoms with E-state index < -0.39 is 0 Å². The number of fused-ring (bicyclic) bond motifs is 3. The van der Waals surface area contributed by atoms with Gasteiger partial charge in [0.05, 0.1) is 16.2 Å². The van der Waals surface area contributed by atoms with Gasteiger partial charge in [-0.05, 0) is 35.2 Å². The van der Waals surface area contributed by atoms with Crippen LogP contribution in [0.4, 0.5) is 0 Å². The molecule has 0 saturated carbocycles. The lowest BCUT2D eigenvalue weighted by Gasteiger charge is -2.27. The Morgan fingerprint density at radius 2 is 2.13 bits per heavy atom. The van der Waals surface area contributed by atoms with Crippen LogP contribution in [0.5, 0.6) is 0 Å². The highest BCUT2D eigenvalue weighted by atomic mass is 35.5. The van der Waals surface area contributed by atoms with Crippen molar-refractivity contribution in [3.05, 3.63) is 57.3 Å². The van der Waals surface area contributed by atoms with Crippen LogP contribution in [0.15, 0.2) is 30.6 Å². The van der Waals surface area contributed by atoms with Crippen LogP contribution in [0.2, 0.25) is 10.0 Å². The molecule has 0 saturated heterocycles. The standard InChI is InChI=1S/C16H14Cl2N4S/c17-14-2-1-10(5-15(14)18)9-23-22-4-3-12-11(8-22)6-19-16-13(12)7-20-21-16/h1-2,5-7H,3-4,8-9H2,(H,19,20,21). The molecule has 1 aliphatic heterocycles. The van der Waals surface area contributed by atoms with Gasteiger partial charge in [0.2, 0.25) is 0 Å². The van der Waals surface area contributed by atoms with Crippen molar-refractivity contribution in [1.82, 2.24) is 19.5 Å². The van der Waals surface area contributed by atoms with E-state index in [1.165, 1.54) is 16.7 Å². The van der Waals surface area contributed by atoms with Crippen molar-refractivity contribution in [1.29, 1.82) is 0 Å². The Hall–Kier alpha value is -1.27. The summed E-state index contributed by atoms with van der Waals surface area (Å²) in [6, 6.07) is 5.81. The van der Waals surface area contributed by atoms with Crippen LogP contribution in [0.3, 0.4) is 0 Å². The molecule has 1 N–H and O–H groups in total. The van der Waals surface area contributed by atoms with Crippen LogP contribution >= 0.6 is 35.1 Å². The molecule has 0 fully saturated rings. The first-order chi connectivity index (χ1) is 11.2. The second-order valence-corrected chi connectivity index (χ2v) is 7.41. The molecule has 3 heterocycles. The van der Waals surface area contributed by atoms with Crippen LogP contribution in [0.25, 0.3) is 11.0 Å². The molecule has 0 unspecified atom stereocenters. The maximum atomic E-state index is 6.08. The summed E-state index contributed by atoms with van der Waals surface area (Å²) >= 11 is 13.9. The normalized spacial score (nSPS) is 15.0. The Morgan fingerprint density at radius 3 is 3.00 bits per heavy atom. The lowest BCUT2D eigenvalue weighted by Crippen LogP contribution is -2.25. The molecule has 23 heavy (non-hydrogen) atoms. The molecule has 1 aromatic carbocycles. The van der Waals surface area contributed by atoms with Gasteiger partial charge in [-0.1, -0.05) is 41.2 Å². The molecule has 2 aromatic heterocycles. The first kappa shape index (κ1) is 15.3. The lowest BCUT2D eigenvalue weighted by molar-refractivity contribution is 0.444. The van der Waals surface area contributed by atoms with Gasteiger partial charge in [-0.15, -0.1) is 0 Å². The van der Waals surface area contributed by atoms with E-state index in [1.807, 2.05) is 42.5 Å². The highest BCUT2D eigenvalue weighted by Gasteiger charge is 2.20. The molecular formula is C16H14Cl2N4S. The number of nitrogens with one attached hydrogen (secondary N) is 1. The van der Waals surface area contributed by atoms with E-state index in [0.29, 0.717) is 10.0 Å². The number of aromatic amines is 1. The molecule has 4 nitrogen and oxygen atoms in total. The molecule has 4 rings (SSSR count). The smallest absolute Gasteiger partial charge is 0.155 e. The van der Waals surface area contributed by atoms with Gasteiger partial charge >= 0.3 is 0 Å². The van der Waals surface area contributed by atoms with Gasteiger partial charge in [-0.25, -0.2) is 9.29 Å². The summed E-state index contributed by atoms with van der Waals surface area (Å²) in [5.74, 6) is 0.883. The summed E-state index contributed by atoms with van der Waals surface area (Å²) < 4.78 is 2.37. The first-order valence-electron chi connectivity index (χ1n) is 7.32. The zero-order chi connectivity index (χ0) is 15.8. The quantitative estimate of drug-likeness (QED) is 0.696. The summed E-state index contributed by atoms with van der Waals surface area (Å²) in [5.41, 5.74) is 4.71. The van der Waals surface area contributed by atoms with E-state index in [2.05, 4.69) is 19.5 Å². The van der Waals surface area contributed by atoms with Crippen molar-refractivity contribution >= 4 is 46.2 Å². The molecule has 7 heteroatoms. The number of H-pyrrole nitrogens is 1. The van der Waals surface area contributed by atoms with Gasteiger partial charge in [0.15, 0.2) is 5.65 Å². The van der Waals surface area contributed by atoms with Crippen LogP contribution in [-0.2, 0) is 18.7 Å².